The normalized spacial score (nSPS) is 14.2. The van der Waals surface area contributed by atoms with Crippen LogP contribution in [0.25, 0.3) is 11.1 Å². The molecule has 0 saturated carbocycles. The second-order valence-corrected chi connectivity index (χ2v) is 9.37. The minimum atomic E-state index is -3.58. The van der Waals surface area contributed by atoms with Crippen LogP contribution in [-0.4, -0.2) is 14.2 Å². The van der Waals surface area contributed by atoms with Crippen molar-refractivity contribution >= 4 is 51.6 Å². The SMILES string of the molecule is O=S(=O)(Cl)CC1c2cc(Br)ccc2-c2ccc(Br)cc21. The van der Waals surface area contributed by atoms with Crippen LogP contribution < -0.4 is 0 Å². The van der Waals surface area contributed by atoms with Gasteiger partial charge < -0.3 is 0 Å². The van der Waals surface area contributed by atoms with E-state index in [2.05, 4.69) is 31.9 Å². The van der Waals surface area contributed by atoms with Crippen molar-refractivity contribution in [1.82, 2.24) is 0 Å². The molecular formula is C14H9Br2ClO2S. The molecule has 0 N–H and O–H groups in total. The fourth-order valence-electron chi connectivity index (χ4n) is 2.68. The van der Waals surface area contributed by atoms with E-state index in [4.69, 9.17) is 10.7 Å². The highest BCUT2D eigenvalue weighted by Gasteiger charge is 2.32. The summed E-state index contributed by atoms with van der Waals surface area (Å²) >= 11 is 6.88. The standard InChI is InChI=1S/C14H9Br2ClO2S/c15-8-1-3-10-11-4-2-9(16)6-13(11)14(12(10)5-8)7-20(17,18)19/h1-6,14H,7H2. The zero-order valence-corrected chi connectivity index (χ0v) is 14.9. The second-order valence-electron chi connectivity index (χ2n) is 4.72. The highest BCUT2D eigenvalue weighted by molar-refractivity contribution is 9.10. The molecular weight excluding hydrogens is 427 g/mol. The molecule has 1 aliphatic rings. The maximum absolute atomic E-state index is 11.5. The van der Waals surface area contributed by atoms with Crippen LogP contribution in [-0.2, 0) is 9.05 Å². The highest BCUT2D eigenvalue weighted by atomic mass is 79.9. The van der Waals surface area contributed by atoms with Gasteiger partial charge in [0.1, 0.15) is 0 Å². The zero-order valence-electron chi connectivity index (χ0n) is 10.1. The summed E-state index contributed by atoms with van der Waals surface area (Å²) in [5.74, 6) is -0.320. The van der Waals surface area contributed by atoms with Gasteiger partial charge in [0.2, 0.25) is 9.05 Å². The van der Waals surface area contributed by atoms with Crippen molar-refractivity contribution in [2.24, 2.45) is 0 Å². The van der Waals surface area contributed by atoms with Crippen LogP contribution >= 0.6 is 42.5 Å². The van der Waals surface area contributed by atoms with Gasteiger partial charge in [-0.1, -0.05) is 44.0 Å². The minimum absolute atomic E-state index is 0.0958. The van der Waals surface area contributed by atoms with E-state index in [0.29, 0.717) is 0 Å². The highest BCUT2D eigenvalue weighted by Crippen LogP contribution is 2.47. The van der Waals surface area contributed by atoms with Crippen LogP contribution in [0.3, 0.4) is 0 Å². The third-order valence-corrected chi connectivity index (χ3v) is 5.53. The molecule has 0 spiro atoms. The van der Waals surface area contributed by atoms with Crippen molar-refractivity contribution in [2.75, 3.05) is 5.75 Å². The van der Waals surface area contributed by atoms with E-state index in [0.717, 1.165) is 31.2 Å². The molecule has 20 heavy (non-hydrogen) atoms. The van der Waals surface area contributed by atoms with Crippen molar-refractivity contribution in [2.45, 2.75) is 5.92 Å². The molecule has 0 radical (unpaired) electrons. The van der Waals surface area contributed by atoms with Crippen LogP contribution in [0.15, 0.2) is 45.3 Å². The minimum Gasteiger partial charge on any atom is -0.212 e. The summed E-state index contributed by atoms with van der Waals surface area (Å²) < 4.78 is 24.9. The van der Waals surface area contributed by atoms with Gasteiger partial charge in [-0.3, -0.25) is 0 Å². The molecule has 0 atom stereocenters. The van der Waals surface area contributed by atoms with Crippen LogP contribution in [0.1, 0.15) is 17.0 Å². The summed E-state index contributed by atoms with van der Waals surface area (Å²) in [5, 5.41) is 0. The number of halogens is 3. The Bertz CT molecular complexity index is 751. The van der Waals surface area contributed by atoms with Gasteiger partial charge in [0.25, 0.3) is 0 Å². The zero-order chi connectivity index (χ0) is 14.5. The summed E-state index contributed by atoms with van der Waals surface area (Å²) in [6, 6.07) is 11.9. The van der Waals surface area contributed by atoms with E-state index in [-0.39, 0.29) is 11.7 Å². The number of fused-ring (bicyclic) bond motifs is 3. The van der Waals surface area contributed by atoms with Gasteiger partial charge in [-0.25, -0.2) is 8.42 Å². The van der Waals surface area contributed by atoms with E-state index in [1.54, 1.807) is 0 Å². The molecule has 0 aromatic heterocycles. The number of hydrogen-bond acceptors (Lipinski definition) is 2. The van der Waals surface area contributed by atoms with Crippen LogP contribution in [0.2, 0.25) is 0 Å². The lowest BCUT2D eigenvalue weighted by molar-refractivity contribution is 0.606. The monoisotopic (exact) mass is 434 g/mol. The van der Waals surface area contributed by atoms with Gasteiger partial charge >= 0.3 is 0 Å². The fourth-order valence-corrected chi connectivity index (χ4v) is 4.57. The molecule has 2 aromatic rings. The van der Waals surface area contributed by atoms with E-state index >= 15 is 0 Å². The Kier molecular flexibility index (Phi) is 3.73. The molecule has 0 unspecified atom stereocenters. The lowest BCUT2D eigenvalue weighted by atomic mass is 9.99. The molecule has 0 fully saturated rings. The molecule has 6 heteroatoms. The van der Waals surface area contributed by atoms with Crippen LogP contribution in [0, 0.1) is 0 Å². The smallest absolute Gasteiger partial charge is 0.212 e. The van der Waals surface area contributed by atoms with Gasteiger partial charge in [0.15, 0.2) is 0 Å². The molecule has 104 valence electrons. The third-order valence-electron chi connectivity index (χ3n) is 3.43. The first-order valence-corrected chi connectivity index (χ1v) is 9.93. The Morgan fingerprint density at radius 1 is 0.950 bits per heavy atom. The predicted molar refractivity (Wildman–Crippen MR) is 88.8 cm³/mol. The molecule has 2 aromatic carbocycles. The number of rotatable bonds is 2. The number of benzene rings is 2. The van der Waals surface area contributed by atoms with Crippen molar-refractivity contribution < 1.29 is 8.42 Å². The predicted octanol–water partition coefficient (Wildman–Crippen LogP) is 4.89. The molecule has 0 saturated heterocycles. The van der Waals surface area contributed by atoms with Crippen LogP contribution in [0.4, 0.5) is 0 Å². The number of hydrogen-bond donors (Lipinski definition) is 0. The maximum atomic E-state index is 11.5. The lowest BCUT2D eigenvalue weighted by Crippen LogP contribution is -2.09. The van der Waals surface area contributed by atoms with Gasteiger partial charge in [-0.05, 0) is 46.5 Å². The molecule has 0 bridgehead atoms. The van der Waals surface area contributed by atoms with Crippen molar-refractivity contribution in [1.29, 1.82) is 0 Å². The Morgan fingerprint density at radius 3 is 1.80 bits per heavy atom. The Labute approximate surface area is 138 Å². The maximum Gasteiger partial charge on any atom is 0.233 e. The molecule has 3 rings (SSSR count). The Morgan fingerprint density at radius 2 is 1.40 bits per heavy atom. The molecule has 1 aliphatic carbocycles. The fraction of sp³-hybridized carbons (Fsp3) is 0.143. The van der Waals surface area contributed by atoms with E-state index in [1.807, 2.05) is 36.4 Å². The average Bonchev–Trinajstić information content (AvgIpc) is 2.61. The summed E-state index contributed by atoms with van der Waals surface area (Å²) in [5.41, 5.74) is 4.13. The summed E-state index contributed by atoms with van der Waals surface area (Å²) in [4.78, 5) is 0. The first kappa shape index (κ1) is 14.6. The van der Waals surface area contributed by atoms with E-state index in [9.17, 15) is 8.42 Å². The Balaban J connectivity index is 2.24. The van der Waals surface area contributed by atoms with Crippen molar-refractivity contribution in [3.63, 3.8) is 0 Å². The largest absolute Gasteiger partial charge is 0.233 e. The quantitative estimate of drug-likeness (QED) is 0.628. The van der Waals surface area contributed by atoms with Gasteiger partial charge in [0, 0.05) is 25.5 Å². The van der Waals surface area contributed by atoms with Gasteiger partial charge in [-0.15, -0.1) is 0 Å². The average molecular weight is 437 g/mol. The molecule has 0 heterocycles. The van der Waals surface area contributed by atoms with Crippen molar-refractivity contribution in [3.05, 3.63) is 56.5 Å². The second kappa shape index (κ2) is 5.13. The topological polar surface area (TPSA) is 34.1 Å². The molecule has 2 nitrogen and oxygen atoms in total. The molecule has 0 amide bonds. The third kappa shape index (κ3) is 2.69. The van der Waals surface area contributed by atoms with Crippen LogP contribution in [0.5, 0.6) is 0 Å². The lowest BCUT2D eigenvalue weighted by Gasteiger charge is -2.11. The first-order chi connectivity index (χ1) is 9.35. The van der Waals surface area contributed by atoms with Gasteiger partial charge in [0.05, 0.1) is 5.75 Å². The summed E-state index contributed by atoms with van der Waals surface area (Å²) in [6.45, 7) is 0. The summed E-state index contributed by atoms with van der Waals surface area (Å²) in [6.07, 6.45) is 0. The summed E-state index contributed by atoms with van der Waals surface area (Å²) in [7, 11) is 1.90. The van der Waals surface area contributed by atoms with E-state index in [1.165, 1.54) is 0 Å². The van der Waals surface area contributed by atoms with Gasteiger partial charge in [-0.2, -0.15) is 0 Å². The Hall–Kier alpha value is -0.360. The van der Waals surface area contributed by atoms with Crippen molar-refractivity contribution in [3.8, 4) is 11.1 Å². The first-order valence-electron chi connectivity index (χ1n) is 5.87. The molecule has 0 aliphatic heterocycles. The van der Waals surface area contributed by atoms with E-state index < -0.39 is 9.05 Å².